The Labute approximate surface area is 171 Å². The zero-order valence-electron chi connectivity index (χ0n) is 16.3. The number of piperidine rings is 1. The molecule has 0 saturated carbocycles. The van der Waals surface area contributed by atoms with Crippen LogP contribution >= 0.6 is 0 Å². The summed E-state index contributed by atoms with van der Waals surface area (Å²) in [6.45, 7) is 2.54. The molecule has 11 nitrogen and oxygen atoms in total. The Morgan fingerprint density at radius 2 is 2.23 bits per heavy atom. The van der Waals surface area contributed by atoms with Crippen molar-refractivity contribution in [2.75, 3.05) is 36.0 Å². The van der Waals surface area contributed by atoms with Crippen molar-refractivity contribution in [1.82, 2.24) is 25.5 Å². The summed E-state index contributed by atoms with van der Waals surface area (Å²) < 4.78 is 21.6. The highest BCUT2D eigenvalue weighted by atomic mass is 19.1. The number of aliphatic hydroxyl groups excluding tert-OH is 1. The van der Waals surface area contributed by atoms with E-state index in [4.69, 9.17) is 4.74 Å². The summed E-state index contributed by atoms with van der Waals surface area (Å²) in [6.07, 6.45) is 0.161. The number of aromatic nitrogens is 4. The van der Waals surface area contributed by atoms with Crippen molar-refractivity contribution in [3.63, 3.8) is 0 Å². The van der Waals surface area contributed by atoms with Crippen molar-refractivity contribution >= 4 is 23.4 Å². The SMILES string of the molecule is CC(=O)NC[C@H]1CN(c2ccc(N3CCC(n4cnnn4)C(O)C3)c(F)c2)C(=O)O1. The lowest BCUT2D eigenvalue weighted by atomic mass is 10.0. The standard InChI is InChI=1S/C18H22FN7O4/c1-11(27)20-7-13-8-25(18(29)30-13)12-2-3-15(14(19)6-12)24-5-4-16(17(28)9-24)26-10-21-22-23-26/h2-3,6,10,13,16-17,28H,4-5,7-9H2,1H3,(H,20,27)/t13-,16?,17?/m0/s1. The predicted molar refractivity (Wildman–Crippen MR) is 102 cm³/mol. The van der Waals surface area contributed by atoms with E-state index in [0.717, 1.165) is 0 Å². The summed E-state index contributed by atoms with van der Waals surface area (Å²) in [5.41, 5.74) is 0.714. The molecule has 1 aromatic carbocycles. The summed E-state index contributed by atoms with van der Waals surface area (Å²) >= 11 is 0. The molecule has 30 heavy (non-hydrogen) atoms. The molecular weight excluding hydrogens is 397 g/mol. The van der Waals surface area contributed by atoms with Crippen molar-refractivity contribution in [3.05, 3.63) is 30.3 Å². The predicted octanol–water partition coefficient (Wildman–Crippen LogP) is 0.0858. The third-order valence-electron chi connectivity index (χ3n) is 5.29. The molecular formula is C18H22FN7O4. The molecule has 2 N–H and O–H groups in total. The van der Waals surface area contributed by atoms with E-state index >= 15 is 0 Å². The minimum Gasteiger partial charge on any atom is -0.442 e. The Balaban J connectivity index is 1.42. The van der Waals surface area contributed by atoms with Gasteiger partial charge in [0, 0.05) is 20.0 Å². The van der Waals surface area contributed by atoms with Gasteiger partial charge in [-0.1, -0.05) is 0 Å². The van der Waals surface area contributed by atoms with Gasteiger partial charge in [0.1, 0.15) is 18.2 Å². The zero-order valence-corrected chi connectivity index (χ0v) is 16.3. The number of hydrogen-bond donors (Lipinski definition) is 2. The lowest BCUT2D eigenvalue weighted by molar-refractivity contribution is -0.119. The molecule has 2 aliphatic rings. The molecule has 2 unspecified atom stereocenters. The molecule has 2 amide bonds. The summed E-state index contributed by atoms with van der Waals surface area (Å²) in [5.74, 6) is -0.718. The molecule has 12 heteroatoms. The molecule has 2 aliphatic heterocycles. The lowest BCUT2D eigenvalue weighted by Crippen LogP contribution is -2.45. The van der Waals surface area contributed by atoms with Crippen LogP contribution in [0.15, 0.2) is 24.5 Å². The summed E-state index contributed by atoms with van der Waals surface area (Å²) in [7, 11) is 0. The summed E-state index contributed by atoms with van der Waals surface area (Å²) in [5, 5.41) is 24.1. The second kappa shape index (κ2) is 8.22. The number of ether oxygens (including phenoxy) is 1. The van der Waals surface area contributed by atoms with Crippen LogP contribution in [0, 0.1) is 5.82 Å². The van der Waals surface area contributed by atoms with Gasteiger partial charge in [-0.2, -0.15) is 0 Å². The first-order valence-electron chi connectivity index (χ1n) is 9.60. The minimum absolute atomic E-state index is 0.201. The molecule has 2 saturated heterocycles. The number of nitrogens with zero attached hydrogens (tertiary/aromatic N) is 6. The van der Waals surface area contributed by atoms with Gasteiger partial charge < -0.3 is 20.1 Å². The number of benzene rings is 1. The number of aliphatic hydroxyl groups is 1. The van der Waals surface area contributed by atoms with Crippen molar-refractivity contribution in [1.29, 1.82) is 0 Å². The van der Waals surface area contributed by atoms with Crippen molar-refractivity contribution in [3.8, 4) is 0 Å². The molecule has 0 spiro atoms. The first kappa shape index (κ1) is 20.0. The number of tetrazole rings is 1. The van der Waals surface area contributed by atoms with Gasteiger partial charge in [0.25, 0.3) is 0 Å². The highest BCUT2D eigenvalue weighted by Gasteiger charge is 2.34. The molecule has 3 heterocycles. The maximum Gasteiger partial charge on any atom is 0.414 e. The number of halogens is 1. The van der Waals surface area contributed by atoms with E-state index in [0.29, 0.717) is 24.3 Å². The smallest absolute Gasteiger partial charge is 0.414 e. The molecule has 2 fully saturated rings. The third-order valence-corrected chi connectivity index (χ3v) is 5.29. The van der Waals surface area contributed by atoms with Gasteiger partial charge in [-0.05, 0) is 35.0 Å². The van der Waals surface area contributed by atoms with Crippen LogP contribution in [-0.4, -0.2) is 75.7 Å². The van der Waals surface area contributed by atoms with E-state index in [2.05, 4.69) is 20.8 Å². The van der Waals surface area contributed by atoms with Gasteiger partial charge in [-0.25, -0.2) is 13.9 Å². The lowest BCUT2D eigenvalue weighted by Gasteiger charge is -2.37. The highest BCUT2D eigenvalue weighted by molar-refractivity contribution is 5.90. The van der Waals surface area contributed by atoms with Crippen LogP contribution in [0.4, 0.5) is 20.6 Å². The van der Waals surface area contributed by atoms with E-state index in [1.54, 1.807) is 17.0 Å². The van der Waals surface area contributed by atoms with Crippen LogP contribution in [0.1, 0.15) is 19.4 Å². The number of anilines is 2. The Morgan fingerprint density at radius 3 is 2.90 bits per heavy atom. The fourth-order valence-electron chi connectivity index (χ4n) is 3.78. The van der Waals surface area contributed by atoms with E-state index in [-0.39, 0.29) is 31.6 Å². The molecule has 1 aromatic heterocycles. The van der Waals surface area contributed by atoms with Gasteiger partial charge in [-0.15, -0.1) is 5.10 Å². The van der Waals surface area contributed by atoms with E-state index in [9.17, 15) is 19.1 Å². The number of amides is 2. The van der Waals surface area contributed by atoms with Crippen LogP contribution in [0.25, 0.3) is 0 Å². The van der Waals surface area contributed by atoms with Gasteiger partial charge >= 0.3 is 6.09 Å². The largest absolute Gasteiger partial charge is 0.442 e. The maximum atomic E-state index is 14.9. The molecule has 0 radical (unpaired) electrons. The fourth-order valence-corrected chi connectivity index (χ4v) is 3.78. The van der Waals surface area contributed by atoms with Crippen LogP contribution < -0.4 is 15.1 Å². The Hall–Kier alpha value is -3.28. The van der Waals surface area contributed by atoms with Crippen LogP contribution in [0.5, 0.6) is 0 Å². The molecule has 4 rings (SSSR count). The number of nitrogens with one attached hydrogen (secondary N) is 1. The van der Waals surface area contributed by atoms with E-state index in [1.165, 1.54) is 28.9 Å². The number of hydrogen-bond acceptors (Lipinski definition) is 8. The average molecular weight is 419 g/mol. The van der Waals surface area contributed by atoms with Gasteiger partial charge in [0.05, 0.1) is 36.6 Å². The highest BCUT2D eigenvalue weighted by Crippen LogP contribution is 2.31. The fraction of sp³-hybridized carbons (Fsp3) is 0.500. The van der Waals surface area contributed by atoms with Crippen LogP contribution in [0.2, 0.25) is 0 Å². The molecule has 160 valence electrons. The third kappa shape index (κ3) is 4.03. The monoisotopic (exact) mass is 419 g/mol. The van der Waals surface area contributed by atoms with E-state index < -0.39 is 24.1 Å². The number of rotatable bonds is 5. The molecule has 2 aromatic rings. The van der Waals surface area contributed by atoms with E-state index in [1.807, 2.05) is 0 Å². The normalized spacial score (nSPS) is 24.1. The van der Waals surface area contributed by atoms with Crippen LogP contribution in [0.3, 0.4) is 0 Å². The molecule has 0 bridgehead atoms. The Morgan fingerprint density at radius 1 is 1.40 bits per heavy atom. The van der Waals surface area contributed by atoms with Crippen LogP contribution in [-0.2, 0) is 9.53 Å². The molecule has 3 atom stereocenters. The number of carbonyl (C=O) groups excluding carboxylic acids is 2. The number of carbonyl (C=O) groups is 2. The van der Waals surface area contributed by atoms with Crippen molar-refractivity contribution in [2.45, 2.75) is 31.6 Å². The average Bonchev–Trinajstić information content (AvgIpc) is 3.36. The summed E-state index contributed by atoms with van der Waals surface area (Å²) in [6, 6.07) is 4.24. The quantitative estimate of drug-likeness (QED) is 0.698. The second-order valence-corrected chi connectivity index (χ2v) is 7.35. The Bertz CT molecular complexity index is 925. The number of cyclic esters (lactones) is 1. The van der Waals surface area contributed by atoms with Crippen molar-refractivity contribution < 1.29 is 23.8 Å². The number of β-amino-alcohol motifs (C(OH)–C–C–N with tert-alkyl or cyclic N) is 1. The second-order valence-electron chi connectivity index (χ2n) is 7.35. The minimum atomic E-state index is -0.760. The molecule has 0 aliphatic carbocycles. The first-order chi connectivity index (χ1) is 14.4. The van der Waals surface area contributed by atoms with Gasteiger partial charge in [0.2, 0.25) is 5.91 Å². The first-order valence-corrected chi connectivity index (χ1v) is 9.60. The van der Waals surface area contributed by atoms with Gasteiger partial charge in [-0.3, -0.25) is 9.69 Å². The summed E-state index contributed by atoms with van der Waals surface area (Å²) in [4.78, 5) is 26.2. The van der Waals surface area contributed by atoms with Crippen molar-refractivity contribution in [2.24, 2.45) is 0 Å². The zero-order chi connectivity index (χ0) is 21.3. The van der Waals surface area contributed by atoms with Gasteiger partial charge in [0.15, 0.2) is 0 Å². The maximum absolute atomic E-state index is 14.9. The Kier molecular flexibility index (Phi) is 5.48. The topological polar surface area (TPSA) is 126 Å².